The maximum absolute atomic E-state index is 14.4. The van der Waals surface area contributed by atoms with Gasteiger partial charge in [0.15, 0.2) is 0 Å². The molecule has 0 aliphatic heterocycles. The zero-order valence-corrected chi connectivity index (χ0v) is 19.7. The fraction of sp³-hybridized carbons (Fsp3) is 0.261. The number of hydrogen-bond acceptors (Lipinski definition) is 6. The van der Waals surface area contributed by atoms with Crippen molar-refractivity contribution in [3.8, 4) is 0 Å². The monoisotopic (exact) mass is 503 g/mol. The lowest BCUT2D eigenvalue weighted by Crippen LogP contribution is -2.50. The number of aliphatic carboxylic acids is 1. The molecule has 0 radical (unpaired) electrons. The van der Waals surface area contributed by atoms with Crippen molar-refractivity contribution in [2.24, 2.45) is 16.1 Å². The van der Waals surface area contributed by atoms with E-state index in [1.54, 1.807) is 24.3 Å². The Balaban J connectivity index is 2.12. The Morgan fingerprint density at radius 3 is 2.57 bits per heavy atom. The highest BCUT2D eigenvalue weighted by molar-refractivity contribution is 6.30. The quantitative estimate of drug-likeness (QED) is 0.342. The molecule has 0 fully saturated rings. The molecule has 12 heteroatoms. The Morgan fingerprint density at radius 2 is 1.94 bits per heavy atom. The van der Waals surface area contributed by atoms with Crippen LogP contribution in [0.2, 0.25) is 5.02 Å². The molecule has 1 aromatic heterocycles. The molecule has 0 bridgehead atoms. The van der Waals surface area contributed by atoms with Crippen molar-refractivity contribution >= 4 is 29.5 Å². The van der Waals surface area contributed by atoms with Gasteiger partial charge in [0.25, 0.3) is 0 Å². The Morgan fingerprint density at radius 1 is 1.23 bits per heavy atom. The molecule has 0 saturated heterocycles. The summed E-state index contributed by atoms with van der Waals surface area (Å²) in [6, 6.07) is 10.8. The lowest BCUT2D eigenvalue weighted by atomic mass is 10.1. The van der Waals surface area contributed by atoms with Gasteiger partial charge in [-0.3, -0.25) is 14.3 Å². The number of benzene rings is 2. The van der Waals surface area contributed by atoms with Crippen LogP contribution in [0, 0.1) is 11.7 Å². The molecule has 1 atom stereocenters. The highest BCUT2D eigenvalue weighted by atomic mass is 35.5. The van der Waals surface area contributed by atoms with E-state index in [-0.39, 0.29) is 36.4 Å². The fourth-order valence-electron chi connectivity index (χ4n) is 3.12. The number of aromatic amines is 1. The van der Waals surface area contributed by atoms with Crippen LogP contribution in [0.5, 0.6) is 0 Å². The van der Waals surface area contributed by atoms with Crippen molar-refractivity contribution < 1.29 is 19.1 Å². The lowest BCUT2D eigenvalue weighted by molar-refractivity contribution is -0.141. The minimum atomic E-state index is -1.03. The third-order valence-electron chi connectivity index (χ3n) is 5.16. The first kappa shape index (κ1) is 25.6. The van der Waals surface area contributed by atoms with E-state index >= 15 is 0 Å². The van der Waals surface area contributed by atoms with E-state index in [2.05, 4.69) is 20.0 Å². The Bertz CT molecular complexity index is 1430. The fourth-order valence-corrected chi connectivity index (χ4v) is 3.25. The first-order valence-corrected chi connectivity index (χ1v) is 10.9. The molecule has 0 aliphatic rings. The SMILES string of the molecule is CO/N=C/c1ccc(/N=c2\[nH]c(=O)n(CC[C@H](C)C(=O)O)c(=O)n2Cc2ccc(Cl)cc2)cc1F. The summed E-state index contributed by atoms with van der Waals surface area (Å²) >= 11 is 5.95. The number of hydrogen-bond donors (Lipinski definition) is 2. The van der Waals surface area contributed by atoms with Gasteiger partial charge in [0.2, 0.25) is 5.62 Å². The second-order valence-electron chi connectivity index (χ2n) is 7.66. The highest BCUT2D eigenvalue weighted by Crippen LogP contribution is 2.15. The van der Waals surface area contributed by atoms with Crippen LogP contribution in [0.3, 0.4) is 0 Å². The summed E-state index contributed by atoms with van der Waals surface area (Å²) in [6.45, 7) is 1.41. The second kappa shape index (κ2) is 11.4. The number of aromatic nitrogens is 3. The molecule has 0 unspecified atom stereocenters. The number of carboxylic acid groups (broad SMARTS) is 1. The topological polar surface area (TPSA) is 131 Å². The van der Waals surface area contributed by atoms with Crippen molar-refractivity contribution in [1.82, 2.24) is 14.1 Å². The summed E-state index contributed by atoms with van der Waals surface area (Å²) in [5.41, 5.74) is -0.546. The van der Waals surface area contributed by atoms with Gasteiger partial charge in [-0.2, -0.15) is 0 Å². The van der Waals surface area contributed by atoms with E-state index in [9.17, 15) is 18.8 Å². The number of oxime groups is 1. The molecular weight excluding hydrogens is 481 g/mol. The van der Waals surface area contributed by atoms with Crippen LogP contribution in [0.1, 0.15) is 24.5 Å². The third kappa shape index (κ3) is 6.54. The minimum absolute atomic E-state index is 0.0289. The summed E-state index contributed by atoms with van der Waals surface area (Å²) in [6.07, 6.45) is 1.27. The molecule has 0 spiro atoms. The van der Waals surface area contributed by atoms with Gasteiger partial charge in [-0.1, -0.05) is 35.8 Å². The van der Waals surface area contributed by atoms with Gasteiger partial charge in [-0.05, 0) is 36.2 Å². The molecule has 0 amide bonds. The molecule has 2 N–H and O–H groups in total. The smallest absolute Gasteiger partial charge is 0.335 e. The highest BCUT2D eigenvalue weighted by Gasteiger charge is 2.15. The molecule has 3 rings (SSSR count). The van der Waals surface area contributed by atoms with Crippen LogP contribution in [-0.4, -0.2) is 38.5 Å². The first-order valence-electron chi connectivity index (χ1n) is 10.5. The van der Waals surface area contributed by atoms with E-state index in [1.165, 1.54) is 36.9 Å². The lowest BCUT2D eigenvalue weighted by Gasteiger charge is -2.12. The van der Waals surface area contributed by atoms with Crippen molar-refractivity contribution in [2.75, 3.05) is 7.11 Å². The number of carboxylic acids is 1. The van der Waals surface area contributed by atoms with Crippen molar-refractivity contribution in [2.45, 2.75) is 26.4 Å². The second-order valence-corrected chi connectivity index (χ2v) is 8.10. The van der Waals surface area contributed by atoms with Crippen LogP contribution in [0.15, 0.2) is 62.2 Å². The molecule has 0 aliphatic carbocycles. The van der Waals surface area contributed by atoms with Gasteiger partial charge >= 0.3 is 17.3 Å². The predicted molar refractivity (Wildman–Crippen MR) is 128 cm³/mol. The first-order chi connectivity index (χ1) is 16.7. The number of nitrogens with zero attached hydrogens (tertiary/aromatic N) is 4. The molecule has 10 nitrogen and oxygen atoms in total. The molecule has 1 heterocycles. The van der Waals surface area contributed by atoms with Gasteiger partial charge in [-0.25, -0.2) is 23.5 Å². The number of rotatable bonds is 9. The van der Waals surface area contributed by atoms with Gasteiger partial charge in [0.1, 0.15) is 12.9 Å². The normalized spacial score (nSPS) is 12.7. The molecule has 184 valence electrons. The largest absolute Gasteiger partial charge is 0.481 e. The van der Waals surface area contributed by atoms with Crippen LogP contribution in [-0.2, 0) is 22.7 Å². The summed E-state index contributed by atoms with van der Waals surface area (Å²) in [5, 5.41) is 13.1. The predicted octanol–water partition coefficient (Wildman–Crippen LogP) is 2.50. The van der Waals surface area contributed by atoms with E-state index in [4.69, 9.17) is 16.7 Å². The average molecular weight is 504 g/mol. The Hall–Kier alpha value is -3.99. The van der Waals surface area contributed by atoms with Gasteiger partial charge in [0, 0.05) is 23.2 Å². The van der Waals surface area contributed by atoms with Crippen LogP contribution in [0.25, 0.3) is 0 Å². The molecule has 2 aromatic carbocycles. The molecule has 35 heavy (non-hydrogen) atoms. The zero-order valence-electron chi connectivity index (χ0n) is 18.9. The van der Waals surface area contributed by atoms with E-state index in [0.717, 1.165) is 10.6 Å². The standard InChI is InChI=1S/C23H23ClFN5O5/c1-14(20(31)32)9-10-29-22(33)28-21(27-18-8-5-16(12-26-35-2)19(25)11-18)30(23(29)34)13-15-3-6-17(24)7-4-15/h3-8,11-12,14H,9-10,13H2,1-2H3,(H,31,32)(H,27,28,33)/b26-12+/t14-/m0/s1. The Kier molecular flexibility index (Phi) is 8.37. The van der Waals surface area contributed by atoms with Gasteiger partial charge in [0.05, 0.1) is 24.4 Å². The zero-order chi connectivity index (χ0) is 25.5. The summed E-state index contributed by atoms with van der Waals surface area (Å²) in [4.78, 5) is 48.5. The number of H-pyrrole nitrogens is 1. The van der Waals surface area contributed by atoms with Crippen LogP contribution < -0.4 is 17.0 Å². The van der Waals surface area contributed by atoms with Gasteiger partial charge in [-0.15, -0.1) is 0 Å². The summed E-state index contributed by atoms with van der Waals surface area (Å²) in [7, 11) is 1.33. The van der Waals surface area contributed by atoms with E-state index < -0.39 is 29.1 Å². The van der Waals surface area contributed by atoms with Crippen molar-refractivity contribution in [3.63, 3.8) is 0 Å². The maximum atomic E-state index is 14.4. The maximum Gasteiger partial charge on any atom is 0.335 e. The van der Waals surface area contributed by atoms with Gasteiger partial charge < -0.3 is 9.94 Å². The Labute approximate surface area is 203 Å². The number of carbonyl (C=O) groups is 1. The minimum Gasteiger partial charge on any atom is -0.481 e. The van der Waals surface area contributed by atoms with Crippen molar-refractivity contribution in [3.05, 3.63) is 91.0 Å². The van der Waals surface area contributed by atoms with E-state index in [0.29, 0.717) is 10.6 Å². The third-order valence-corrected chi connectivity index (χ3v) is 5.41. The molecular formula is C23H23ClFN5O5. The van der Waals surface area contributed by atoms with E-state index in [1.807, 2.05) is 0 Å². The van der Waals surface area contributed by atoms with Crippen LogP contribution >= 0.6 is 11.6 Å². The summed E-state index contributed by atoms with van der Waals surface area (Å²) in [5.74, 6) is -2.41. The molecule has 0 saturated carbocycles. The van der Waals surface area contributed by atoms with Crippen molar-refractivity contribution in [1.29, 1.82) is 0 Å². The molecule has 3 aromatic rings. The average Bonchev–Trinajstić information content (AvgIpc) is 2.82. The summed E-state index contributed by atoms with van der Waals surface area (Å²) < 4.78 is 16.5. The van der Waals surface area contributed by atoms with Crippen LogP contribution in [0.4, 0.5) is 10.1 Å². The number of nitrogens with one attached hydrogen (secondary N) is 1. The number of halogens is 2.